The Labute approximate surface area is 186 Å². The molecule has 1 saturated heterocycles. The first-order valence-corrected chi connectivity index (χ1v) is 12.1. The van der Waals surface area contributed by atoms with Crippen LogP contribution in [0.4, 0.5) is 4.39 Å². The molecule has 0 N–H and O–H groups in total. The molecule has 0 saturated carbocycles. The number of ether oxygens (including phenoxy) is 3. The van der Waals surface area contributed by atoms with E-state index >= 15 is 0 Å². The molecule has 0 spiro atoms. The van der Waals surface area contributed by atoms with Crippen molar-refractivity contribution in [2.24, 2.45) is 0 Å². The number of carbonyl (C=O) groups excluding carboxylic acids is 1. The lowest BCUT2D eigenvalue weighted by Gasteiger charge is -2.32. The maximum absolute atomic E-state index is 14.3. The third-order valence-electron chi connectivity index (χ3n) is 5.03. The van der Waals surface area contributed by atoms with E-state index < -0.39 is 15.7 Å². The highest BCUT2D eigenvalue weighted by Gasteiger charge is 2.25. The van der Waals surface area contributed by atoms with E-state index in [4.69, 9.17) is 14.2 Å². The van der Waals surface area contributed by atoms with Crippen LogP contribution >= 0.6 is 0 Å². The number of benzene rings is 1. The van der Waals surface area contributed by atoms with Crippen LogP contribution in [0.3, 0.4) is 0 Å². The number of piperidine rings is 1. The Kier molecular flexibility index (Phi) is 7.62. The van der Waals surface area contributed by atoms with Crippen LogP contribution in [0.2, 0.25) is 0 Å². The van der Waals surface area contributed by atoms with Gasteiger partial charge in [0.15, 0.2) is 21.4 Å². The van der Waals surface area contributed by atoms with Gasteiger partial charge in [0, 0.05) is 38.8 Å². The van der Waals surface area contributed by atoms with Gasteiger partial charge in [0.2, 0.25) is 17.7 Å². The van der Waals surface area contributed by atoms with Gasteiger partial charge in [0.25, 0.3) is 0 Å². The molecule has 1 aromatic carbocycles. The summed E-state index contributed by atoms with van der Waals surface area (Å²) in [5.41, 5.74) is 0.481. The highest BCUT2D eigenvalue weighted by Crippen LogP contribution is 2.31. The van der Waals surface area contributed by atoms with E-state index in [0.29, 0.717) is 44.0 Å². The second-order valence-electron chi connectivity index (χ2n) is 7.41. The number of rotatable bonds is 8. The fourth-order valence-corrected chi connectivity index (χ4v) is 3.83. The van der Waals surface area contributed by atoms with Crippen molar-refractivity contribution < 1.29 is 31.8 Å². The molecule has 0 radical (unpaired) electrons. The fourth-order valence-electron chi connectivity index (χ4n) is 3.20. The molecule has 0 unspecified atom stereocenters. The van der Waals surface area contributed by atoms with Crippen LogP contribution in [-0.2, 0) is 19.4 Å². The van der Waals surface area contributed by atoms with Gasteiger partial charge >= 0.3 is 0 Å². The minimum Gasteiger partial charge on any atom is -0.474 e. The van der Waals surface area contributed by atoms with Crippen LogP contribution in [0.1, 0.15) is 25.3 Å². The first-order chi connectivity index (χ1) is 15.2. The molecule has 2 aromatic rings. The van der Waals surface area contributed by atoms with E-state index in [9.17, 15) is 17.6 Å². The lowest BCUT2D eigenvalue weighted by Crippen LogP contribution is -2.43. The summed E-state index contributed by atoms with van der Waals surface area (Å²) in [4.78, 5) is 21.9. The third kappa shape index (κ3) is 5.92. The Bertz CT molecular complexity index is 1070. The van der Waals surface area contributed by atoms with Crippen molar-refractivity contribution in [2.75, 3.05) is 32.6 Å². The highest BCUT2D eigenvalue weighted by molar-refractivity contribution is 7.90. The van der Waals surface area contributed by atoms with E-state index in [1.807, 2.05) is 6.92 Å². The second kappa shape index (κ2) is 10.2. The molecule has 2 heterocycles. The molecule has 1 aliphatic heterocycles. The molecule has 3 rings (SSSR count). The number of likely N-dealkylation sites (tertiary alicyclic amines) is 1. The molecular formula is C21H26FN3O6S. The number of hydrogen-bond acceptors (Lipinski definition) is 8. The number of aromatic nitrogens is 2. The van der Waals surface area contributed by atoms with E-state index in [1.54, 1.807) is 11.8 Å². The van der Waals surface area contributed by atoms with Crippen LogP contribution in [0.15, 0.2) is 29.4 Å². The molecular weight excluding hydrogens is 441 g/mol. The predicted molar refractivity (Wildman–Crippen MR) is 113 cm³/mol. The SMILES string of the molecule is CCOCC(=O)N1CCC(Oc2ncnc(Oc3ccc(S(C)(=O)=O)cc3F)c2C)CC1. The standard InChI is InChI=1S/C21H26FN3O6S/c1-4-29-12-19(26)25-9-7-15(8-10-25)30-20-14(2)21(24-13-23-20)31-18-6-5-16(11-17(18)22)32(3,27)28/h5-6,11,13,15H,4,7-10,12H2,1-3H3. The van der Waals surface area contributed by atoms with Gasteiger partial charge in [-0.15, -0.1) is 0 Å². The van der Waals surface area contributed by atoms with Gasteiger partial charge in [-0.25, -0.2) is 22.8 Å². The molecule has 11 heteroatoms. The molecule has 9 nitrogen and oxygen atoms in total. The number of sulfone groups is 1. The third-order valence-corrected chi connectivity index (χ3v) is 6.14. The van der Waals surface area contributed by atoms with Gasteiger partial charge in [-0.2, -0.15) is 0 Å². The van der Waals surface area contributed by atoms with E-state index in [0.717, 1.165) is 12.3 Å². The van der Waals surface area contributed by atoms with Crippen LogP contribution in [0.25, 0.3) is 0 Å². The van der Waals surface area contributed by atoms with Crippen molar-refractivity contribution in [3.63, 3.8) is 0 Å². The van der Waals surface area contributed by atoms with Crippen molar-refractivity contribution in [1.29, 1.82) is 0 Å². The summed E-state index contributed by atoms with van der Waals surface area (Å²) < 4.78 is 54.2. The van der Waals surface area contributed by atoms with Gasteiger partial charge < -0.3 is 19.1 Å². The first kappa shape index (κ1) is 23.9. The molecule has 174 valence electrons. The van der Waals surface area contributed by atoms with E-state index in [-0.39, 0.29) is 35.1 Å². The van der Waals surface area contributed by atoms with Crippen molar-refractivity contribution in [3.05, 3.63) is 35.9 Å². The highest BCUT2D eigenvalue weighted by atomic mass is 32.2. The summed E-state index contributed by atoms with van der Waals surface area (Å²) in [6, 6.07) is 3.41. The summed E-state index contributed by atoms with van der Waals surface area (Å²) in [6.07, 6.45) is 3.39. The average Bonchev–Trinajstić information content (AvgIpc) is 2.76. The minimum absolute atomic E-state index is 0.0388. The Hall–Kier alpha value is -2.79. The van der Waals surface area contributed by atoms with Crippen molar-refractivity contribution >= 4 is 15.7 Å². The molecule has 1 amide bonds. The predicted octanol–water partition coefficient (Wildman–Crippen LogP) is 2.53. The van der Waals surface area contributed by atoms with Crippen LogP contribution in [-0.4, -0.2) is 67.9 Å². The summed E-state index contributed by atoms with van der Waals surface area (Å²) in [5.74, 6) is -0.612. The first-order valence-electron chi connectivity index (χ1n) is 10.2. The van der Waals surface area contributed by atoms with Crippen molar-refractivity contribution in [1.82, 2.24) is 14.9 Å². The second-order valence-corrected chi connectivity index (χ2v) is 9.43. The van der Waals surface area contributed by atoms with Gasteiger partial charge in [0.1, 0.15) is 19.0 Å². The zero-order valence-electron chi connectivity index (χ0n) is 18.2. The topological polar surface area (TPSA) is 108 Å². The Morgan fingerprint density at radius 3 is 2.53 bits per heavy atom. The van der Waals surface area contributed by atoms with Crippen LogP contribution in [0.5, 0.6) is 17.5 Å². The Morgan fingerprint density at radius 1 is 1.22 bits per heavy atom. The zero-order chi connectivity index (χ0) is 23.3. The molecule has 0 aliphatic carbocycles. The molecule has 0 atom stereocenters. The number of carbonyl (C=O) groups is 1. The molecule has 1 fully saturated rings. The summed E-state index contributed by atoms with van der Waals surface area (Å²) in [7, 11) is -3.53. The molecule has 0 bridgehead atoms. The van der Waals surface area contributed by atoms with Crippen molar-refractivity contribution in [3.8, 4) is 17.5 Å². The molecule has 1 aromatic heterocycles. The Morgan fingerprint density at radius 2 is 1.91 bits per heavy atom. The van der Waals surface area contributed by atoms with Gasteiger partial charge in [-0.1, -0.05) is 0 Å². The molecule has 32 heavy (non-hydrogen) atoms. The lowest BCUT2D eigenvalue weighted by molar-refractivity contribution is -0.137. The quantitative estimate of drug-likeness (QED) is 0.583. The maximum Gasteiger partial charge on any atom is 0.248 e. The number of halogens is 1. The van der Waals surface area contributed by atoms with Crippen LogP contribution < -0.4 is 9.47 Å². The summed E-state index contributed by atoms with van der Waals surface area (Å²) >= 11 is 0. The number of hydrogen-bond donors (Lipinski definition) is 0. The largest absolute Gasteiger partial charge is 0.474 e. The maximum atomic E-state index is 14.3. The lowest BCUT2D eigenvalue weighted by atomic mass is 10.1. The summed E-state index contributed by atoms with van der Waals surface area (Å²) in [5, 5.41) is 0. The smallest absolute Gasteiger partial charge is 0.248 e. The number of amides is 1. The van der Waals surface area contributed by atoms with Crippen molar-refractivity contribution in [2.45, 2.75) is 37.7 Å². The van der Waals surface area contributed by atoms with E-state index in [2.05, 4.69) is 9.97 Å². The van der Waals surface area contributed by atoms with Gasteiger partial charge in [-0.05, 0) is 32.0 Å². The monoisotopic (exact) mass is 467 g/mol. The molecule has 1 aliphatic rings. The Balaban J connectivity index is 1.65. The van der Waals surface area contributed by atoms with Gasteiger partial charge in [-0.3, -0.25) is 4.79 Å². The number of nitrogens with zero attached hydrogens (tertiary/aromatic N) is 3. The van der Waals surface area contributed by atoms with Crippen LogP contribution in [0, 0.1) is 12.7 Å². The fraction of sp³-hybridized carbons (Fsp3) is 0.476. The minimum atomic E-state index is -3.53. The van der Waals surface area contributed by atoms with Gasteiger partial charge in [0.05, 0.1) is 10.5 Å². The van der Waals surface area contributed by atoms with E-state index in [1.165, 1.54) is 18.5 Å². The zero-order valence-corrected chi connectivity index (χ0v) is 19.0. The normalized spacial score (nSPS) is 14.9. The average molecular weight is 468 g/mol. The summed E-state index contributed by atoms with van der Waals surface area (Å²) in [6.45, 7) is 5.22.